The molecule has 112 valence electrons. The number of rotatable bonds is 6. The molecule has 0 fully saturated rings. The summed E-state index contributed by atoms with van der Waals surface area (Å²) < 4.78 is 10.1. The highest BCUT2D eigenvalue weighted by molar-refractivity contribution is 5.97. The molecule has 0 aliphatic heterocycles. The van der Waals surface area contributed by atoms with Crippen molar-refractivity contribution in [3.8, 4) is 5.75 Å². The van der Waals surface area contributed by atoms with Gasteiger partial charge in [-0.3, -0.25) is 4.79 Å². The Hall–Kier alpha value is -2.56. The van der Waals surface area contributed by atoms with Crippen molar-refractivity contribution in [3.05, 3.63) is 48.6 Å². The van der Waals surface area contributed by atoms with E-state index in [0.717, 1.165) is 0 Å². The van der Waals surface area contributed by atoms with Crippen LogP contribution in [0.5, 0.6) is 5.75 Å². The summed E-state index contributed by atoms with van der Waals surface area (Å²) in [4.78, 5) is 23.4. The second kappa shape index (κ2) is 8.58. The highest BCUT2D eigenvalue weighted by Gasteiger charge is 2.17. The number of carbonyl (C=O) groups excluding carboxylic acids is 2. The Labute approximate surface area is 124 Å². The largest absolute Gasteiger partial charge is 0.495 e. The fraction of sp³-hybridized carbons (Fsp3) is 0.250. The lowest BCUT2D eigenvalue weighted by atomic mass is 10.2. The molecule has 0 bridgehead atoms. The number of para-hydroxylation sites is 2. The van der Waals surface area contributed by atoms with Gasteiger partial charge in [-0.15, -0.1) is 0 Å². The molecule has 1 N–H and O–H groups in total. The Bertz CT molecular complexity index is 549. The number of esters is 1. The van der Waals surface area contributed by atoms with Crippen LogP contribution in [0, 0.1) is 0 Å². The molecular formula is C16H19NO4. The number of benzene rings is 1. The number of anilines is 1. The molecule has 0 heterocycles. The topological polar surface area (TPSA) is 64.6 Å². The van der Waals surface area contributed by atoms with Crippen LogP contribution < -0.4 is 10.1 Å². The summed E-state index contributed by atoms with van der Waals surface area (Å²) in [6.45, 7) is 3.34. The minimum Gasteiger partial charge on any atom is -0.495 e. The standard InChI is InChI=1S/C16H19NO4/c1-4-5-6-11-15(18)21-12(2)16(19)17-13-9-7-8-10-14(13)20-3/h4-12H,1-3H3,(H,17,19). The molecule has 1 amide bonds. The van der Waals surface area contributed by atoms with E-state index in [1.807, 2.05) is 6.92 Å². The van der Waals surface area contributed by atoms with Crippen molar-refractivity contribution >= 4 is 17.6 Å². The lowest BCUT2D eigenvalue weighted by Gasteiger charge is -2.14. The van der Waals surface area contributed by atoms with Gasteiger partial charge < -0.3 is 14.8 Å². The molecule has 5 heteroatoms. The SMILES string of the molecule is CC=CC=CC(=O)OC(C)C(=O)Nc1ccccc1OC. The summed E-state index contributed by atoms with van der Waals surface area (Å²) in [5, 5.41) is 2.65. The van der Waals surface area contributed by atoms with Crippen LogP contribution in [-0.2, 0) is 14.3 Å². The number of hydrogen-bond acceptors (Lipinski definition) is 4. The molecule has 5 nitrogen and oxygen atoms in total. The first-order valence-corrected chi connectivity index (χ1v) is 6.52. The first-order valence-electron chi connectivity index (χ1n) is 6.52. The van der Waals surface area contributed by atoms with Crippen LogP contribution >= 0.6 is 0 Å². The first kappa shape index (κ1) is 16.5. The maximum atomic E-state index is 12.0. The quantitative estimate of drug-likeness (QED) is 0.497. The monoisotopic (exact) mass is 289 g/mol. The van der Waals surface area contributed by atoms with Crippen molar-refractivity contribution in [1.82, 2.24) is 0 Å². The van der Waals surface area contributed by atoms with Gasteiger partial charge in [-0.25, -0.2) is 4.79 Å². The molecule has 0 aromatic heterocycles. The normalized spacial score (nSPS) is 12.3. The Morgan fingerprint density at radius 1 is 1.24 bits per heavy atom. The van der Waals surface area contributed by atoms with E-state index < -0.39 is 18.0 Å². The predicted molar refractivity (Wildman–Crippen MR) is 81.1 cm³/mol. The van der Waals surface area contributed by atoms with E-state index in [0.29, 0.717) is 11.4 Å². The number of carbonyl (C=O) groups is 2. The summed E-state index contributed by atoms with van der Waals surface area (Å²) in [6.07, 6.45) is 5.38. The third-order valence-electron chi connectivity index (χ3n) is 2.56. The highest BCUT2D eigenvalue weighted by Crippen LogP contribution is 2.23. The van der Waals surface area contributed by atoms with E-state index >= 15 is 0 Å². The summed E-state index contributed by atoms with van der Waals surface area (Å²) in [5.74, 6) is -0.458. The van der Waals surface area contributed by atoms with Crippen molar-refractivity contribution in [2.45, 2.75) is 20.0 Å². The number of nitrogens with one attached hydrogen (secondary N) is 1. The molecule has 0 saturated carbocycles. The molecule has 0 aliphatic rings. The smallest absolute Gasteiger partial charge is 0.331 e. The average molecular weight is 289 g/mol. The molecule has 0 spiro atoms. The fourth-order valence-electron chi connectivity index (χ4n) is 1.49. The van der Waals surface area contributed by atoms with E-state index in [4.69, 9.17) is 9.47 Å². The Balaban J connectivity index is 2.60. The molecule has 1 aromatic carbocycles. The molecule has 0 saturated heterocycles. The molecule has 1 unspecified atom stereocenters. The zero-order valence-corrected chi connectivity index (χ0v) is 12.3. The predicted octanol–water partition coefficient (Wildman–Crippen LogP) is 2.70. The van der Waals surface area contributed by atoms with E-state index in [1.54, 1.807) is 42.5 Å². The molecule has 0 radical (unpaired) electrons. The van der Waals surface area contributed by atoms with Crippen molar-refractivity contribution < 1.29 is 19.1 Å². The molecule has 1 aromatic rings. The average Bonchev–Trinajstić information content (AvgIpc) is 2.48. The summed E-state index contributed by atoms with van der Waals surface area (Å²) in [7, 11) is 1.51. The third kappa shape index (κ3) is 5.52. The van der Waals surface area contributed by atoms with Crippen LogP contribution in [0.2, 0.25) is 0 Å². The molecule has 1 atom stereocenters. The summed E-state index contributed by atoms with van der Waals surface area (Å²) >= 11 is 0. The van der Waals surface area contributed by atoms with Gasteiger partial charge in [0.15, 0.2) is 6.10 Å². The van der Waals surface area contributed by atoms with Gasteiger partial charge >= 0.3 is 5.97 Å². The summed E-state index contributed by atoms with van der Waals surface area (Å²) in [6, 6.07) is 7.00. The lowest BCUT2D eigenvalue weighted by molar-refractivity contribution is -0.148. The summed E-state index contributed by atoms with van der Waals surface area (Å²) in [5.41, 5.74) is 0.525. The molecular weight excluding hydrogens is 270 g/mol. The van der Waals surface area contributed by atoms with Gasteiger partial charge in [-0.1, -0.05) is 30.4 Å². The fourth-order valence-corrected chi connectivity index (χ4v) is 1.49. The second-order valence-electron chi connectivity index (χ2n) is 4.15. The Morgan fingerprint density at radius 2 is 1.95 bits per heavy atom. The third-order valence-corrected chi connectivity index (χ3v) is 2.56. The van der Waals surface area contributed by atoms with Crippen LogP contribution in [0.3, 0.4) is 0 Å². The highest BCUT2D eigenvalue weighted by atomic mass is 16.5. The lowest BCUT2D eigenvalue weighted by Crippen LogP contribution is -2.29. The minimum atomic E-state index is -0.905. The van der Waals surface area contributed by atoms with Gasteiger partial charge in [0.05, 0.1) is 12.8 Å². The van der Waals surface area contributed by atoms with Gasteiger partial charge in [0, 0.05) is 6.08 Å². The number of amides is 1. The van der Waals surface area contributed by atoms with Crippen molar-refractivity contribution in [1.29, 1.82) is 0 Å². The van der Waals surface area contributed by atoms with E-state index in [1.165, 1.54) is 20.1 Å². The second-order valence-corrected chi connectivity index (χ2v) is 4.15. The van der Waals surface area contributed by atoms with Gasteiger partial charge in [0.25, 0.3) is 5.91 Å². The van der Waals surface area contributed by atoms with Gasteiger partial charge in [0.2, 0.25) is 0 Å². The van der Waals surface area contributed by atoms with Gasteiger partial charge in [0.1, 0.15) is 5.75 Å². The Kier molecular flexibility index (Phi) is 6.74. The van der Waals surface area contributed by atoms with Crippen molar-refractivity contribution in [3.63, 3.8) is 0 Å². The van der Waals surface area contributed by atoms with E-state index in [-0.39, 0.29) is 0 Å². The number of methoxy groups -OCH3 is 1. The van der Waals surface area contributed by atoms with Crippen molar-refractivity contribution in [2.75, 3.05) is 12.4 Å². The van der Waals surface area contributed by atoms with Gasteiger partial charge in [-0.2, -0.15) is 0 Å². The zero-order chi connectivity index (χ0) is 15.7. The number of hydrogen-bond donors (Lipinski definition) is 1. The first-order chi connectivity index (χ1) is 10.1. The van der Waals surface area contributed by atoms with Gasteiger partial charge in [-0.05, 0) is 26.0 Å². The van der Waals surface area contributed by atoms with Crippen LogP contribution in [0.1, 0.15) is 13.8 Å². The zero-order valence-electron chi connectivity index (χ0n) is 12.3. The van der Waals surface area contributed by atoms with Crippen molar-refractivity contribution in [2.24, 2.45) is 0 Å². The molecule has 1 rings (SSSR count). The van der Waals surface area contributed by atoms with Crippen LogP contribution in [-0.4, -0.2) is 25.1 Å². The van der Waals surface area contributed by atoms with E-state index in [9.17, 15) is 9.59 Å². The molecule has 0 aliphatic carbocycles. The van der Waals surface area contributed by atoms with Crippen LogP contribution in [0.15, 0.2) is 48.6 Å². The number of allylic oxidation sites excluding steroid dienone is 3. The maximum absolute atomic E-state index is 12.0. The van der Waals surface area contributed by atoms with E-state index in [2.05, 4.69) is 5.32 Å². The van der Waals surface area contributed by atoms with Crippen LogP contribution in [0.4, 0.5) is 5.69 Å². The Morgan fingerprint density at radius 3 is 2.62 bits per heavy atom. The van der Waals surface area contributed by atoms with Crippen LogP contribution in [0.25, 0.3) is 0 Å². The molecule has 21 heavy (non-hydrogen) atoms. The maximum Gasteiger partial charge on any atom is 0.331 e. The minimum absolute atomic E-state index is 0.424. The number of ether oxygens (including phenoxy) is 2.